The quantitative estimate of drug-likeness (QED) is 0.369. The van der Waals surface area contributed by atoms with E-state index in [1.54, 1.807) is 6.26 Å². The van der Waals surface area contributed by atoms with Crippen molar-refractivity contribution in [2.24, 2.45) is 11.8 Å². The molecule has 0 radical (unpaired) electrons. The molecular formula is C24H34O6. The van der Waals surface area contributed by atoms with Crippen LogP contribution in [0.5, 0.6) is 0 Å². The van der Waals surface area contributed by atoms with Crippen molar-refractivity contribution in [3.8, 4) is 0 Å². The van der Waals surface area contributed by atoms with Gasteiger partial charge in [0.15, 0.2) is 0 Å². The number of esters is 2. The molecule has 1 aliphatic carbocycles. The van der Waals surface area contributed by atoms with Gasteiger partial charge in [-0.2, -0.15) is 0 Å². The summed E-state index contributed by atoms with van der Waals surface area (Å²) in [6.07, 6.45) is 6.74. The minimum absolute atomic E-state index is 0.00899. The van der Waals surface area contributed by atoms with Gasteiger partial charge in [-0.1, -0.05) is 23.8 Å². The number of rotatable bonds is 5. The molecule has 0 N–H and O–H groups in total. The van der Waals surface area contributed by atoms with E-state index >= 15 is 0 Å². The largest absolute Gasteiger partial charge is 0.462 e. The Hall–Kier alpha value is -2.08. The van der Waals surface area contributed by atoms with Crippen LogP contribution >= 0.6 is 0 Å². The Kier molecular flexibility index (Phi) is 6.75. The van der Waals surface area contributed by atoms with Gasteiger partial charge in [-0.25, -0.2) is 0 Å². The monoisotopic (exact) mass is 418 g/mol. The van der Waals surface area contributed by atoms with Gasteiger partial charge in [0.25, 0.3) is 0 Å². The topological polar surface area (TPSA) is 74.4 Å². The minimum Gasteiger partial charge on any atom is -0.462 e. The van der Waals surface area contributed by atoms with Crippen LogP contribution in [-0.4, -0.2) is 36.0 Å². The molecule has 0 aromatic heterocycles. The highest BCUT2D eigenvalue weighted by atomic mass is 16.7. The van der Waals surface area contributed by atoms with E-state index in [1.807, 2.05) is 13.8 Å². The molecule has 0 aromatic carbocycles. The molecule has 2 fully saturated rings. The van der Waals surface area contributed by atoms with Crippen molar-refractivity contribution in [3.63, 3.8) is 0 Å². The van der Waals surface area contributed by atoms with Gasteiger partial charge < -0.3 is 18.9 Å². The molecule has 166 valence electrons. The van der Waals surface area contributed by atoms with E-state index in [0.717, 1.165) is 42.4 Å². The molecule has 0 aromatic rings. The minimum atomic E-state index is -0.715. The number of hydrogen-bond acceptors (Lipinski definition) is 6. The van der Waals surface area contributed by atoms with Gasteiger partial charge in [0.05, 0.1) is 23.9 Å². The second-order valence-corrected chi connectivity index (χ2v) is 9.13. The fraction of sp³-hybridized carbons (Fsp3) is 0.667. The third-order valence-electron chi connectivity index (χ3n) is 6.38. The number of allylic oxidation sites excluding steroid dienone is 1. The molecule has 0 spiro atoms. The average Bonchev–Trinajstić information content (AvgIpc) is 3.29. The lowest BCUT2D eigenvalue weighted by Crippen LogP contribution is -2.41. The van der Waals surface area contributed by atoms with Crippen LogP contribution in [0.3, 0.4) is 0 Å². The van der Waals surface area contributed by atoms with Gasteiger partial charge in [-0.05, 0) is 46.5 Å². The Morgan fingerprint density at radius 1 is 1.27 bits per heavy atom. The smallest absolute Gasteiger partial charge is 0.305 e. The number of ether oxygens (including phenoxy) is 4. The molecule has 30 heavy (non-hydrogen) atoms. The van der Waals surface area contributed by atoms with Gasteiger partial charge >= 0.3 is 11.9 Å². The number of fused-ring (bicyclic) bond motifs is 2. The molecule has 6 atom stereocenters. The summed E-state index contributed by atoms with van der Waals surface area (Å²) in [4.78, 5) is 23.6. The zero-order valence-corrected chi connectivity index (χ0v) is 18.7. The maximum absolute atomic E-state index is 11.8. The number of hydrogen-bond donors (Lipinski definition) is 0. The third kappa shape index (κ3) is 5.15. The van der Waals surface area contributed by atoms with E-state index in [1.165, 1.54) is 13.8 Å². The molecule has 3 aliphatic rings. The molecule has 2 heterocycles. The van der Waals surface area contributed by atoms with Crippen molar-refractivity contribution in [1.29, 1.82) is 0 Å². The van der Waals surface area contributed by atoms with Crippen molar-refractivity contribution in [3.05, 3.63) is 35.6 Å². The average molecular weight is 419 g/mol. The second-order valence-electron chi connectivity index (χ2n) is 9.13. The summed E-state index contributed by atoms with van der Waals surface area (Å²) in [6.45, 7) is 13.3. The Morgan fingerprint density at radius 2 is 2.00 bits per heavy atom. The Bertz CT molecular complexity index is 762. The van der Waals surface area contributed by atoms with Crippen molar-refractivity contribution < 1.29 is 28.5 Å². The van der Waals surface area contributed by atoms with E-state index in [2.05, 4.69) is 19.6 Å². The highest BCUT2D eigenvalue weighted by Gasteiger charge is 2.54. The lowest BCUT2D eigenvalue weighted by Gasteiger charge is -2.40. The molecular weight excluding hydrogens is 384 g/mol. The van der Waals surface area contributed by atoms with Crippen LogP contribution in [0, 0.1) is 11.8 Å². The maximum atomic E-state index is 11.8. The number of carbonyl (C=O) groups is 2. The van der Waals surface area contributed by atoms with Crippen LogP contribution in [0.4, 0.5) is 0 Å². The normalized spacial score (nSPS) is 33.8. The standard InChI is InChI=1S/C24H34O6/c1-14(2)7-9-20(28-16(4)25)19-13-27-23(29-17(5)26)22-15(3)8-10-21-24(6,30-21)12-11-18(19)22/h7,13,18,20-23H,3,8-12H2,1-2,4-6H3/t18-,20?,21?,22+,23-,24?/m1/s1. The zero-order chi connectivity index (χ0) is 22.1. The maximum Gasteiger partial charge on any atom is 0.305 e. The van der Waals surface area contributed by atoms with E-state index in [0.29, 0.717) is 6.42 Å². The summed E-state index contributed by atoms with van der Waals surface area (Å²) in [6, 6.07) is 0. The van der Waals surface area contributed by atoms with Crippen molar-refractivity contribution in [1.82, 2.24) is 0 Å². The zero-order valence-electron chi connectivity index (χ0n) is 18.7. The van der Waals surface area contributed by atoms with Gasteiger partial charge in [0, 0.05) is 31.8 Å². The highest BCUT2D eigenvalue weighted by molar-refractivity contribution is 5.67. The van der Waals surface area contributed by atoms with E-state index < -0.39 is 12.4 Å². The fourth-order valence-electron chi connectivity index (χ4n) is 4.71. The van der Waals surface area contributed by atoms with Crippen LogP contribution in [0.15, 0.2) is 35.6 Å². The lowest BCUT2D eigenvalue weighted by molar-refractivity contribution is -0.181. The molecule has 1 saturated heterocycles. The molecule has 6 heteroatoms. The van der Waals surface area contributed by atoms with Gasteiger partial charge in [0.2, 0.25) is 6.29 Å². The van der Waals surface area contributed by atoms with Gasteiger partial charge in [-0.15, -0.1) is 0 Å². The molecule has 6 nitrogen and oxygen atoms in total. The Morgan fingerprint density at radius 3 is 2.63 bits per heavy atom. The number of carbonyl (C=O) groups excluding carboxylic acids is 2. The first-order valence-corrected chi connectivity index (χ1v) is 10.8. The number of epoxide rings is 1. The summed E-state index contributed by atoms with van der Waals surface area (Å²) in [5, 5.41) is 0. The highest BCUT2D eigenvalue weighted by Crippen LogP contribution is 2.50. The molecule has 1 saturated carbocycles. The summed E-state index contributed by atoms with van der Waals surface area (Å²) >= 11 is 0. The van der Waals surface area contributed by atoms with E-state index in [4.69, 9.17) is 18.9 Å². The van der Waals surface area contributed by atoms with E-state index in [9.17, 15) is 9.59 Å². The van der Waals surface area contributed by atoms with Crippen molar-refractivity contribution >= 4 is 11.9 Å². The van der Waals surface area contributed by atoms with Crippen LogP contribution in [0.1, 0.15) is 66.7 Å². The fourth-order valence-corrected chi connectivity index (χ4v) is 4.71. The first kappa shape index (κ1) is 22.6. The van der Waals surface area contributed by atoms with Crippen LogP contribution < -0.4 is 0 Å². The van der Waals surface area contributed by atoms with Gasteiger partial charge in [-0.3, -0.25) is 9.59 Å². The predicted octanol–water partition coefficient (Wildman–Crippen LogP) is 4.60. The van der Waals surface area contributed by atoms with Crippen molar-refractivity contribution in [2.75, 3.05) is 0 Å². The molecule has 2 aliphatic heterocycles. The lowest BCUT2D eigenvalue weighted by atomic mass is 9.74. The Balaban J connectivity index is 1.96. The SMILES string of the molecule is C=C1CCC2OC2(C)CC[C@@H]2C(C(CC=C(C)C)OC(C)=O)=CO[C@H](OC(C)=O)[C@@H]12. The summed E-state index contributed by atoms with van der Waals surface area (Å²) in [7, 11) is 0. The van der Waals surface area contributed by atoms with E-state index in [-0.39, 0.29) is 35.5 Å². The summed E-state index contributed by atoms with van der Waals surface area (Å²) in [5.41, 5.74) is 2.94. The van der Waals surface area contributed by atoms with Gasteiger partial charge in [0.1, 0.15) is 6.10 Å². The van der Waals surface area contributed by atoms with Crippen LogP contribution in [0.25, 0.3) is 0 Å². The molecule has 0 amide bonds. The molecule has 0 bridgehead atoms. The Labute approximate surface area is 179 Å². The first-order chi connectivity index (χ1) is 14.1. The molecule has 3 rings (SSSR count). The predicted molar refractivity (Wildman–Crippen MR) is 112 cm³/mol. The third-order valence-corrected chi connectivity index (χ3v) is 6.38. The van der Waals surface area contributed by atoms with Crippen LogP contribution in [-0.2, 0) is 28.5 Å². The van der Waals surface area contributed by atoms with Crippen LogP contribution in [0.2, 0.25) is 0 Å². The first-order valence-electron chi connectivity index (χ1n) is 10.8. The van der Waals surface area contributed by atoms with Crippen molar-refractivity contribution in [2.45, 2.75) is 90.8 Å². The second kappa shape index (κ2) is 8.96. The summed E-state index contributed by atoms with van der Waals surface area (Å²) < 4.78 is 23.1. The summed E-state index contributed by atoms with van der Waals surface area (Å²) in [5.74, 6) is -0.909. The molecule has 3 unspecified atom stereocenters.